The summed E-state index contributed by atoms with van der Waals surface area (Å²) in [4.78, 5) is 23.3. The Balaban J connectivity index is 1.28. The second-order valence-electron chi connectivity index (χ2n) is 7.62. The van der Waals surface area contributed by atoms with E-state index in [-0.39, 0.29) is 23.1 Å². The third-order valence-corrected chi connectivity index (χ3v) is 8.71. The first-order chi connectivity index (χ1) is 12.0. The second kappa shape index (κ2) is 7.08. The minimum absolute atomic E-state index is 0.0655. The first kappa shape index (κ1) is 17.6. The van der Waals surface area contributed by atoms with Gasteiger partial charge in [-0.25, -0.2) is 0 Å². The molecule has 6 nitrogen and oxygen atoms in total. The van der Waals surface area contributed by atoms with Crippen LogP contribution >= 0.6 is 34.9 Å². The van der Waals surface area contributed by atoms with Gasteiger partial charge in [-0.3, -0.25) is 9.59 Å². The van der Waals surface area contributed by atoms with Gasteiger partial charge in [0, 0.05) is 5.54 Å². The molecule has 1 heterocycles. The van der Waals surface area contributed by atoms with Gasteiger partial charge in [0.05, 0.1) is 11.5 Å². The van der Waals surface area contributed by atoms with Crippen LogP contribution in [0.25, 0.3) is 0 Å². The number of hydrogen-bond donors (Lipinski definition) is 2. The summed E-state index contributed by atoms with van der Waals surface area (Å²) in [5, 5.41) is 11.5. The molecule has 0 atom stereocenters. The Morgan fingerprint density at radius 1 is 1.04 bits per heavy atom. The molecule has 3 N–H and O–H groups in total. The molecule has 2 amide bonds. The number of carbonyl (C=O) groups is 2. The highest BCUT2D eigenvalue weighted by Gasteiger charge is 2.51. The fourth-order valence-electron chi connectivity index (χ4n) is 5.17. The molecule has 25 heavy (non-hydrogen) atoms. The topological polar surface area (TPSA) is 98.0 Å². The number of primary amides is 1. The molecular weight excluding hydrogens is 376 g/mol. The highest BCUT2D eigenvalue weighted by molar-refractivity contribution is 8.03. The summed E-state index contributed by atoms with van der Waals surface area (Å²) in [5.41, 5.74) is 5.19. The lowest BCUT2D eigenvalue weighted by atomic mass is 9.53. The SMILES string of the molecule is NC(=O)CSc1nnc(SCC(=O)NC23CC4CC(CC(C4)C2)C3)s1. The van der Waals surface area contributed by atoms with E-state index in [1.807, 2.05) is 0 Å². The highest BCUT2D eigenvalue weighted by Crippen LogP contribution is 2.55. The zero-order valence-corrected chi connectivity index (χ0v) is 16.4. The van der Waals surface area contributed by atoms with Crippen LogP contribution < -0.4 is 11.1 Å². The van der Waals surface area contributed by atoms with Gasteiger partial charge < -0.3 is 11.1 Å². The van der Waals surface area contributed by atoms with Crippen molar-refractivity contribution in [2.45, 2.75) is 52.7 Å². The average Bonchev–Trinajstić information content (AvgIpc) is 2.97. The summed E-state index contributed by atoms with van der Waals surface area (Å²) in [5.74, 6) is 2.78. The van der Waals surface area contributed by atoms with E-state index in [1.54, 1.807) is 0 Å². The lowest BCUT2D eigenvalue weighted by molar-refractivity contribution is -0.124. The summed E-state index contributed by atoms with van der Waals surface area (Å²) in [6.07, 6.45) is 7.63. The molecule has 0 aliphatic heterocycles. The molecule has 0 unspecified atom stereocenters. The van der Waals surface area contributed by atoms with Crippen molar-refractivity contribution in [1.82, 2.24) is 15.5 Å². The van der Waals surface area contributed by atoms with Crippen molar-refractivity contribution in [3.05, 3.63) is 0 Å². The van der Waals surface area contributed by atoms with Crippen molar-refractivity contribution in [1.29, 1.82) is 0 Å². The maximum Gasteiger partial charge on any atom is 0.230 e. The second-order valence-corrected chi connectivity index (χ2v) is 11.0. The maximum atomic E-state index is 12.5. The van der Waals surface area contributed by atoms with Crippen molar-refractivity contribution in [3.8, 4) is 0 Å². The van der Waals surface area contributed by atoms with Crippen LogP contribution in [0.2, 0.25) is 0 Å². The van der Waals surface area contributed by atoms with Gasteiger partial charge in [0.25, 0.3) is 0 Å². The molecule has 0 aromatic carbocycles. The summed E-state index contributed by atoms with van der Waals surface area (Å²) < 4.78 is 1.47. The molecule has 4 aliphatic carbocycles. The minimum atomic E-state index is -0.371. The van der Waals surface area contributed by atoms with E-state index in [9.17, 15) is 9.59 Å². The van der Waals surface area contributed by atoms with Crippen LogP contribution in [0.1, 0.15) is 38.5 Å². The largest absolute Gasteiger partial charge is 0.369 e. The number of nitrogens with one attached hydrogen (secondary N) is 1. The van der Waals surface area contributed by atoms with Gasteiger partial charge in [-0.1, -0.05) is 34.9 Å². The van der Waals surface area contributed by atoms with Crippen molar-refractivity contribution in [3.63, 3.8) is 0 Å². The van der Waals surface area contributed by atoms with Crippen LogP contribution in [0.5, 0.6) is 0 Å². The number of nitrogens with two attached hydrogens (primary N) is 1. The Labute approximate surface area is 159 Å². The number of aromatic nitrogens is 2. The van der Waals surface area contributed by atoms with Crippen LogP contribution in [0, 0.1) is 17.8 Å². The lowest BCUT2D eigenvalue weighted by Crippen LogP contribution is -2.60. The van der Waals surface area contributed by atoms with E-state index >= 15 is 0 Å². The van der Waals surface area contributed by atoms with E-state index in [0.717, 1.165) is 22.1 Å². The molecular formula is C16H22N4O2S3. The monoisotopic (exact) mass is 398 g/mol. The number of hydrogen-bond acceptors (Lipinski definition) is 7. The van der Waals surface area contributed by atoms with Gasteiger partial charge in [0.2, 0.25) is 11.8 Å². The van der Waals surface area contributed by atoms with E-state index < -0.39 is 0 Å². The number of carbonyl (C=O) groups excluding carboxylic acids is 2. The minimum Gasteiger partial charge on any atom is -0.369 e. The van der Waals surface area contributed by atoms with Crippen LogP contribution in [0.3, 0.4) is 0 Å². The number of nitrogens with zero attached hydrogens (tertiary/aromatic N) is 2. The predicted octanol–water partition coefficient (Wildman–Crippen LogP) is 2.29. The molecule has 4 saturated carbocycles. The summed E-state index contributed by atoms with van der Waals surface area (Å²) in [7, 11) is 0. The number of amides is 2. The zero-order valence-electron chi connectivity index (χ0n) is 13.9. The van der Waals surface area contributed by atoms with Gasteiger partial charge in [-0.05, 0) is 56.3 Å². The molecule has 4 fully saturated rings. The lowest BCUT2D eigenvalue weighted by Gasteiger charge is -2.56. The van der Waals surface area contributed by atoms with Crippen LogP contribution in [0.4, 0.5) is 0 Å². The Bertz CT molecular complexity index is 643. The summed E-state index contributed by atoms with van der Waals surface area (Å²) in [6.45, 7) is 0. The van der Waals surface area contributed by atoms with E-state index in [2.05, 4.69) is 15.5 Å². The fraction of sp³-hybridized carbons (Fsp3) is 0.750. The number of rotatable bonds is 7. The van der Waals surface area contributed by atoms with Crippen LogP contribution in [-0.4, -0.2) is 39.1 Å². The molecule has 5 rings (SSSR count). The predicted molar refractivity (Wildman–Crippen MR) is 99.6 cm³/mol. The Kier molecular flexibility index (Phi) is 4.98. The van der Waals surface area contributed by atoms with E-state index in [0.29, 0.717) is 10.1 Å². The van der Waals surface area contributed by atoms with Gasteiger partial charge in [-0.15, -0.1) is 10.2 Å². The van der Waals surface area contributed by atoms with Gasteiger partial charge in [0.1, 0.15) is 0 Å². The third kappa shape index (κ3) is 4.14. The molecule has 4 bridgehead atoms. The Morgan fingerprint density at radius 2 is 1.56 bits per heavy atom. The normalized spacial score (nSPS) is 32.7. The first-order valence-electron chi connectivity index (χ1n) is 8.68. The van der Waals surface area contributed by atoms with Crippen molar-refractivity contribution < 1.29 is 9.59 Å². The number of thioether (sulfide) groups is 2. The molecule has 0 radical (unpaired) electrons. The Hall–Kier alpha value is -0.800. The van der Waals surface area contributed by atoms with E-state index in [4.69, 9.17) is 5.73 Å². The van der Waals surface area contributed by atoms with Crippen molar-refractivity contribution >= 4 is 46.7 Å². The standard InChI is InChI=1S/C16H22N4O2S3/c17-12(21)7-23-14-19-20-15(25-14)24-8-13(22)18-16-4-9-1-10(5-16)3-11(2-9)6-16/h9-11H,1-8H2,(H2,17,21)(H,18,22). The van der Waals surface area contributed by atoms with Gasteiger partial charge in [0.15, 0.2) is 8.68 Å². The van der Waals surface area contributed by atoms with Crippen molar-refractivity contribution in [2.75, 3.05) is 11.5 Å². The van der Waals surface area contributed by atoms with Crippen LogP contribution in [-0.2, 0) is 9.59 Å². The van der Waals surface area contributed by atoms with Gasteiger partial charge in [-0.2, -0.15) is 0 Å². The molecule has 0 spiro atoms. The maximum absolute atomic E-state index is 12.5. The van der Waals surface area contributed by atoms with Crippen LogP contribution in [0.15, 0.2) is 8.68 Å². The molecule has 1 aromatic rings. The zero-order chi connectivity index (χ0) is 17.4. The van der Waals surface area contributed by atoms with Crippen molar-refractivity contribution in [2.24, 2.45) is 23.5 Å². The molecule has 0 saturated heterocycles. The van der Waals surface area contributed by atoms with Gasteiger partial charge >= 0.3 is 0 Å². The highest BCUT2D eigenvalue weighted by atomic mass is 32.2. The molecule has 1 aromatic heterocycles. The summed E-state index contributed by atoms with van der Waals surface area (Å²) >= 11 is 4.10. The quantitative estimate of drug-likeness (QED) is 0.684. The smallest absolute Gasteiger partial charge is 0.230 e. The molecule has 4 aliphatic rings. The first-order valence-corrected chi connectivity index (χ1v) is 11.5. The molecule has 136 valence electrons. The third-order valence-electron chi connectivity index (χ3n) is 5.50. The molecule has 9 heteroatoms. The fourth-order valence-corrected chi connectivity index (χ4v) is 7.73. The Morgan fingerprint density at radius 3 is 2.08 bits per heavy atom. The van der Waals surface area contributed by atoms with E-state index in [1.165, 1.54) is 73.4 Å². The average molecular weight is 399 g/mol. The summed E-state index contributed by atoms with van der Waals surface area (Å²) in [6, 6.07) is 0.